The molecule has 0 bridgehead atoms. The molecule has 7 heteroatoms. The Morgan fingerprint density at radius 1 is 1.45 bits per heavy atom. The lowest BCUT2D eigenvalue weighted by Crippen LogP contribution is -2.22. The number of fused-ring (bicyclic) bond motifs is 1. The Labute approximate surface area is 132 Å². The highest BCUT2D eigenvalue weighted by molar-refractivity contribution is 9.10. The lowest BCUT2D eigenvalue weighted by molar-refractivity contribution is 0.0524. The second-order valence-corrected chi connectivity index (χ2v) is 5.96. The average molecular weight is 372 g/mol. The molecule has 1 fully saturated rings. The number of nitrogens with zero attached hydrogens (tertiary/aromatic N) is 1. The van der Waals surface area contributed by atoms with Gasteiger partial charge in [0.05, 0.1) is 22.0 Å². The van der Waals surface area contributed by atoms with Crippen molar-refractivity contribution in [3.63, 3.8) is 0 Å². The third-order valence-electron chi connectivity index (χ3n) is 3.58. The summed E-state index contributed by atoms with van der Waals surface area (Å²) in [5.74, 6) is -2.41. The Balaban J connectivity index is 2.41. The van der Waals surface area contributed by atoms with Crippen LogP contribution in [0.25, 0.3) is 10.9 Å². The van der Waals surface area contributed by atoms with Crippen molar-refractivity contribution < 1.29 is 18.3 Å². The summed E-state index contributed by atoms with van der Waals surface area (Å²) < 4.78 is 34.9. The molecule has 0 unspecified atom stereocenters. The van der Waals surface area contributed by atoms with E-state index in [2.05, 4.69) is 15.9 Å². The van der Waals surface area contributed by atoms with Crippen LogP contribution in [0, 0.1) is 11.6 Å². The van der Waals surface area contributed by atoms with E-state index in [0.29, 0.717) is 0 Å². The lowest BCUT2D eigenvalue weighted by atomic mass is 10.1. The highest BCUT2D eigenvalue weighted by Crippen LogP contribution is 2.38. The van der Waals surface area contributed by atoms with Crippen LogP contribution in [0.4, 0.5) is 8.78 Å². The molecule has 1 saturated carbocycles. The van der Waals surface area contributed by atoms with E-state index in [1.54, 1.807) is 6.92 Å². The number of hydrogen-bond donors (Lipinski definition) is 0. The molecule has 1 aliphatic carbocycles. The second kappa shape index (κ2) is 5.46. The van der Waals surface area contributed by atoms with Crippen molar-refractivity contribution in [2.24, 2.45) is 0 Å². The van der Waals surface area contributed by atoms with Crippen LogP contribution in [-0.2, 0) is 4.74 Å². The van der Waals surface area contributed by atoms with Crippen LogP contribution in [0.2, 0.25) is 0 Å². The minimum atomic E-state index is -0.867. The third-order valence-corrected chi connectivity index (χ3v) is 4.16. The van der Waals surface area contributed by atoms with E-state index in [1.807, 2.05) is 0 Å². The number of aromatic nitrogens is 1. The van der Waals surface area contributed by atoms with Crippen LogP contribution in [0.15, 0.2) is 21.5 Å². The number of rotatable bonds is 3. The Morgan fingerprint density at radius 2 is 2.14 bits per heavy atom. The first-order valence-corrected chi connectivity index (χ1v) is 7.64. The summed E-state index contributed by atoms with van der Waals surface area (Å²) in [6.45, 7) is 1.70. The van der Waals surface area contributed by atoms with Crippen molar-refractivity contribution in [2.75, 3.05) is 6.61 Å². The van der Waals surface area contributed by atoms with Crippen LogP contribution < -0.4 is 5.43 Å². The lowest BCUT2D eigenvalue weighted by Gasteiger charge is -2.14. The highest BCUT2D eigenvalue weighted by Gasteiger charge is 2.30. The number of benzene rings is 1. The van der Waals surface area contributed by atoms with Crippen LogP contribution in [0.1, 0.15) is 36.2 Å². The number of hydrogen-bond acceptors (Lipinski definition) is 3. The molecule has 0 N–H and O–H groups in total. The van der Waals surface area contributed by atoms with E-state index >= 15 is 0 Å². The van der Waals surface area contributed by atoms with E-state index in [9.17, 15) is 18.4 Å². The molecule has 0 amide bonds. The maximum Gasteiger partial charge on any atom is 0.343 e. The number of ether oxygens (including phenoxy) is 1. The third kappa shape index (κ3) is 2.33. The average Bonchev–Trinajstić information content (AvgIpc) is 3.29. The van der Waals surface area contributed by atoms with Crippen molar-refractivity contribution in [1.29, 1.82) is 0 Å². The van der Waals surface area contributed by atoms with Gasteiger partial charge in [0.2, 0.25) is 5.43 Å². The Morgan fingerprint density at radius 3 is 2.73 bits per heavy atom. The number of esters is 1. The van der Waals surface area contributed by atoms with E-state index in [-0.39, 0.29) is 28.2 Å². The summed E-state index contributed by atoms with van der Waals surface area (Å²) in [6.07, 6.45) is 2.84. The first-order chi connectivity index (χ1) is 10.5. The molecule has 0 aliphatic heterocycles. The van der Waals surface area contributed by atoms with Gasteiger partial charge in [0, 0.05) is 12.2 Å². The fourth-order valence-electron chi connectivity index (χ4n) is 2.43. The fourth-order valence-corrected chi connectivity index (χ4v) is 2.82. The van der Waals surface area contributed by atoms with Crippen molar-refractivity contribution >= 4 is 32.8 Å². The molecule has 1 aromatic carbocycles. The Kier molecular flexibility index (Phi) is 3.76. The van der Waals surface area contributed by atoms with Gasteiger partial charge in [-0.15, -0.1) is 0 Å². The van der Waals surface area contributed by atoms with Crippen LogP contribution in [-0.4, -0.2) is 17.1 Å². The van der Waals surface area contributed by atoms with Gasteiger partial charge in [0.1, 0.15) is 11.4 Å². The molecule has 2 aromatic rings. The smallest absolute Gasteiger partial charge is 0.343 e. The first kappa shape index (κ1) is 15.1. The first-order valence-electron chi connectivity index (χ1n) is 6.85. The molecule has 3 rings (SSSR count). The largest absolute Gasteiger partial charge is 0.462 e. The van der Waals surface area contributed by atoms with Crippen molar-refractivity contribution in [3.05, 3.63) is 44.2 Å². The predicted octanol–water partition coefficient (Wildman–Crippen LogP) is 3.55. The minimum Gasteiger partial charge on any atom is -0.462 e. The molecule has 1 heterocycles. The van der Waals surface area contributed by atoms with Crippen LogP contribution in [0.3, 0.4) is 0 Å². The van der Waals surface area contributed by atoms with E-state index in [1.165, 1.54) is 10.8 Å². The summed E-state index contributed by atoms with van der Waals surface area (Å²) in [5, 5.41) is -0.418. The van der Waals surface area contributed by atoms with E-state index in [0.717, 1.165) is 18.9 Å². The van der Waals surface area contributed by atoms with Gasteiger partial charge in [-0.3, -0.25) is 4.79 Å². The van der Waals surface area contributed by atoms with Crippen molar-refractivity contribution in [2.45, 2.75) is 25.8 Å². The molecule has 0 spiro atoms. The van der Waals surface area contributed by atoms with Gasteiger partial charge in [-0.05, 0) is 41.8 Å². The van der Waals surface area contributed by atoms with E-state index < -0.39 is 28.4 Å². The molecule has 0 atom stereocenters. The zero-order valence-corrected chi connectivity index (χ0v) is 13.2. The summed E-state index contributed by atoms with van der Waals surface area (Å²) in [5.41, 5.74) is -1.25. The van der Waals surface area contributed by atoms with E-state index in [4.69, 9.17) is 4.74 Å². The van der Waals surface area contributed by atoms with Crippen LogP contribution >= 0.6 is 15.9 Å². The van der Waals surface area contributed by atoms with Gasteiger partial charge in [-0.2, -0.15) is 0 Å². The number of carbonyl (C=O) groups is 1. The number of carbonyl (C=O) groups excluding carboxylic acids is 1. The zero-order valence-electron chi connectivity index (χ0n) is 11.7. The number of halogens is 3. The molecule has 0 saturated heterocycles. The van der Waals surface area contributed by atoms with Gasteiger partial charge in [0.15, 0.2) is 5.82 Å². The standard InChI is InChI=1S/C15H12BrF2NO3/c1-2-22-15(21)8-6-19(7-3-4-7)13-11(14(8)20)10(17)5-9(16)12(13)18/h5-7H,2-4H2,1H3. The molecule has 1 aliphatic rings. The normalized spacial score (nSPS) is 14.4. The quantitative estimate of drug-likeness (QED) is 0.612. The monoisotopic (exact) mass is 371 g/mol. The summed E-state index contributed by atoms with van der Waals surface area (Å²) in [7, 11) is 0. The van der Waals surface area contributed by atoms with Gasteiger partial charge < -0.3 is 9.30 Å². The summed E-state index contributed by atoms with van der Waals surface area (Å²) in [4.78, 5) is 24.3. The molecule has 1 aromatic heterocycles. The molecule has 0 radical (unpaired) electrons. The maximum atomic E-state index is 14.4. The van der Waals surface area contributed by atoms with Gasteiger partial charge in [-0.25, -0.2) is 13.6 Å². The van der Waals surface area contributed by atoms with Crippen molar-refractivity contribution in [1.82, 2.24) is 4.57 Å². The van der Waals surface area contributed by atoms with Gasteiger partial charge in [0.25, 0.3) is 0 Å². The molecule has 116 valence electrons. The topological polar surface area (TPSA) is 48.3 Å². The highest BCUT2D eigenvalue weighted by atomic mass is 79.9. The van der Waals surface area contributed by atoms with Gasteiger partial charge >= 0.3 is 5.97 Å². The molecule has 4 nitrogen and oxygen atoms in total. The maximum absolute atomic E-state index is 14.4. The SMILES string of the molecule is CCOC(=O)c1cn(C2CC2)c2c(F)c(Br)cc(F)c2c1=O. The minimum absolute atomic E-state index is 0.0422. The summed E-state index contributed by atoms with van der Waals surface area (Å²) in [6, 6.07) is 0.852. The van der Waals surface area contributed by atoms with Crippen molar-refractivity contribution in [3.8, 4) is 0 Å². The van der Waals surface area contributed by atoms with Gasteiger partial charge in [-0.1, -0.05) is 0 Å². The summed E-state index contributed by atoms with van der Waals surface area (Å²) >= 11 is 2.95. The fraction of sp³-hybridized carbons (Fsp3) is 0.333. The Hall–Kier alpha value is -1.76. The Bertz CT molecular complexity index is 843. The number of pyridine rings is 1. The molecular formula is C15H12BrF2NO3. The second-order valence-electron chi connectivity index (χ2n) is 5.11. The molecular weight excluding hydrogens is 360 g/mol. The zero-order chi connectivity index (χ0) is 16.0. The van der Waals surface area contributed by atoms with Crippen LogP contribution in [0.5, 0.6) is 0 Å². The predicted molar refractivity (Wildman–Crippen MR) is 80.1 cm³/mol. The molecule has 22 heavy (non-hydrogen) atoms.